The van der Waals surface area contributed by atoms with Crippen molar-refractivity contribution in [2.24, 2.45) is 10.9 Å². The summed E-state index contributed by atoms with van der Waals surface area (Å²) in [5.41, 5.74) is 3.93. The highest BCUT2D eigenvalue weighted by molar-refractivity contribution is 5.53. The van der Waals surface area contributed by atoms with Crippen molar-refractivity contribution in [1.29, 1.82) is 0 Å². The van der Waals surface area contributed by atoms with Crippen LogP contribution in [-0.4, -0.2) is 18.8 Å². The lowest BCUT2D eigenvalue weighted by Gasteiger charge is -2.07. The van der Waals surface area contributed by atoms with Crippen molar-refractivity contribution >= 4 is 6.21 Å². The Balaban J connectivity index is 3.33. The van der Waals surface area contributed by atoms with Crippen LogP contribution < -0.4 is 5.73 Å². The van der Waals surface area contributed by atoms with Crippen LogP contribution in [0.3, 0.4) is 0 Å². The van der Waals surface area contributed by atoms with Crippen molar-refractivity contribution in [3.63, 3.8) is 0 Å². The van der Waals surface area contributed by atoms with Crippen molar-refractivity contribution in [3.8, 4) is 0 Å². The number of aliphatic imine (C=N–C) groups is 1. The first-order valence-corrected chi connectivity index (χ1v) is 3.94. The summed E-state index contributed by atoms with van der Waals surface area (Å²) in [6.07, 6.45) is 3.04. The van der Waals surface area contributed by atoms with Crippen LogP contribution in [0.1, 0.15) is 27.2 Å². The second-order valence-corrected chi connectivity index (χ2v) is 3.07. The van der Waals surface area contributed by atoms with E-state index in [-0.39, 0.29) is 0 Å². The van der Waals surface area contributed by atoms with E-state index in [1.54, 1.807) is 0 Å². The Labute approximate surface area is 63.5 Å². The molecule has 0 aliphatic carbocycles. The molecule has 0 aromatic heterocycles. The first-order valence-electron chi connectivity index (χ1n) is 3.94. The molecule has 0 aliphatic rings. The number of nitrogens with zero attached hydrogens (tertiary/aromatic N) is 1. The number of rotatable bonds is 4. The van der Waals surface area contributed by atoms with Gasteiger partial charge in [0.25, 0.3) is 0 Å². The lowest BCUT2D eigenvalue weighted by atomic mass is 10.0. The van der Waals surface area contributed by atoms with Gasteiger partial charge in [0.2, 0.25) is 0 Å². The second-order valence-electron chi connectivity index (χ2n) is 3.07. The molecule has 2 unspecified atom stereocenters. The molecule has 0 saturated carbocycles. The van der Waals surface area contributed by atoms with E-state index in [2.05, 4.69) is 24.6 Å². The highest BCUT2D eigenvalue weighted by Crippen LogP contribution is 2.02. The average Bonchev–Trinajstić information content (AvgIpc) is 1.82. The standard InChI is InChI=1S/C8H18N2/c1-4-10-6-7(2)5-8(3)9/h4,7-8H,5-6,9H2,1-3H3/p+1. The van der Waals surface area contributed by atoms with Gasteiger partial charge < -0.3 is 5.73 Å². The van der Waals surface area contributed by atoms with Crippen molar-refractivity contribution in [3.05, 3.63) is 0 Å². The molecule has 0 heterocycles. The fourth-order valence-electron chi connectivity index (χ4n) is 1.05. The van der Waals surface area contributed by atoms with E-state index < -0.39 is 0 Å². The molecule has 0 radical (unpaired) electrons. The van der Waals surface area contributed by atoms with Gasteiger partial charge in [0, 0.05) is 13.0 Å². The minimum atomic E-state index is 0.557. The van der Waals surface area contributed by atoms with Gasteiger partial charge in [-0.2, -0.15) is 0 Å². The van der Waals surface area contributed by atoms with Gasteiger partial charge in [-0.3, -0.25) is 4.99 Å². The topological polar surface area (TPSA) is 40.0 Å². The lowest BCUT2D eigenvalue weighted by molar-refractivity contribution is -0.416. The molecule has 3 N–H and O–H groups in total. The minimum Gasteiger partial charge on any atom is -0.355 e. The molecule has 0 saturated heterocycles. The predicted octanol–water partition coefficient (Wildman–Crippen LogP) is 0.734. The van der Waals surface area contributed by atoms with Crippen molar-refractivity contribution < 1.29 is 5.73 Å². The Kier molecular flexibility index (Phi) is 5.22. The van der Waals surface area contributed by atoms with Crippen LogP contribution in [-0.2, 0) is 0 Å². The molecule has 2 nitrogen and oxygen atoms in total. The zero-order chi connectivity index (χ0) is 7.98. The Morgan fingerprint density at radius 2 is 2.10 bits per heavy atom. The summed E-state index contributed by atoms with van der Waals surface area (Å²) in [5, 5.41) is 0. The number of quaternary nitrogens is 1. The Morgan fingerprint density at radius 3 is 2.50 bits per heavy atom. The second kappa shape index (κ2) is 5.42. The molecule has 0 fully saturated rings. The SMILES string of the molecule is CC=NCC(C)CC(C)[NH3+]. The third kappa shape index (κ3) is 5.76. The molecule has 0 amide bonds. The highest BCUT2D eigenvalue weighted by atomic mass is 14.7. The summed E-state index contributed by atoms with van der Waals surface area (Å²) in [6.45, 7) is 7.28. The van der Waals surface area contributed by atoms with Gasteiger partial charge in [0.15, 0.2) is 0 Å². The maximum atomic E-state index is 4.17. The van der Waals surface area contributed by atoms with Crippen LogP contribution >= 0.6 is 0 Å². The monoisotopic (exact) mass is 143 g/mol. The fourth-order valence-corrected chi connectivity index (χ4v) is 1.05. The van der Waals surface area contributed by atoms with Crippen LogP contribution in [0.4, 0.5) is 0 Å². The maximum absolute atomic E-state index is 4.17. The Bertz CT molecular complexity index is 97.4. The molecule has 0 aromatic carbocycles. The van der Waals surface area contributed by atoms with Crippen LogP contribution in [0.25, 0.3) is 0 Å². The first kappa shape index (κ1) is 9.63. The smallest absolute Gasteiger partial charge is 0.0818 e. The van der Waals surface area contributed by atoms with Gasteiger partial charge >= 0.3 is 0 Å². The summed E-state index contributed by atoms with van der Waals surface area (Å²) < 4.78 is 0. The van der Waals surface area contributed by atoms with Gasteiger partial charge in [-0.1, -0.05) is 6.92 Å². The van der Waals surface area contributed by atoms with Crippen LogP contribution in [0, 0.1) is 5.92 Å². The molecule has 2 atom stereocenters. The quantitative estimate of drug-likeness (QED) is 0.564. The van der Waals surface area contributed by atoms with Crippen LogP contribution in [0.15, 0.2) is 4.99 Å². The molecular weight excluding hydrogens is 124 g/mol. The zero-order valence-electron chi connectivity index (χ0n) is 7.30. The van der Waals surface area contributed by atoms with Gasteiger partial charge in [-0.05, 0) is 26.0 Å². The third-order valence-electron chi connectivity index (χ3n) is 1.40. The van der Waals surface area contributed by atoms with E-state index in [1.807, 2.05) is 13.1 Å². The zero-order valence-corrected chi connectivity index (χ0v) is 7.30. The van der Waals surface area contributed by atoms with Crippen LogP contribution in [0.2, 0.25) is 0 Å². The Morgan fingerprint density at radius 1 is 1.50 bits per heavy atom. The van der Waals surface area contributed by atoms with E-state index in [0.29, 0.717) is 12.0 Å². The molecule has 0 bridgehead atoms. The largest absolute Gasteiger partial charge is 0.355 e. The van der Waals surface area contributed by atoms with E-state index in [1.165, 1.54) is 6.42 Å². The summed E-state index contributed by atoms with van der Waals surface area (Å²) in [6, 6.07) is 0.557. The van der Waals surface area contributed by atoms with Gasteiger partial charge in [-0.25, -0.2) is 0 Å². The van der Waals surface area contributed by atoms with Crippen LogP contribution in [0.5, 0.6) is 0 Å². The molecule has 60 valence electrons. The summed E-state index contributed by atoms with van der Waals surface area (Å²) in [4.78, 5) is 4.17. The average molecular weight is 143 g/mol. The number of hydrogen-bond donors (Lipinski definition) is 1. The van der Waals surface area contributed by atoms with Gasteiger partial charge in [0.1, 0.15) is 0 Å². The molecule has 0 spiro atoms. The summed E-state index contributed by atoms with van der Waals surface area (Å²) >= 11 is 0. The van der Waals surface area contributed by atoms with E-state index >= 15 is 0 Å². The Hall–Kier alpha value is -0.370. The summed E-state index contributed by atoms with van der Waals surface area (Å²) in [5.74, 6) is 0.684. The molecule has 0 rings (SSSR count). The van der Waals surface area contributed by atoms with Gasteiger partial charge in [-0.15, -0.1) is 0 Å². The minimum absolute atomic E-state index is 0.557. The van der Waals surface area contributed by atoms with Crippen molar-refractivity contribution in [2.45, 2.75) is 33.2 Å². The van der Waals surface area contributed by atoms with E-state index in [4.69, 9.17) is 0 Å². The third-order valence-corrected chi connectivity index (χ3v) is 1.40. The summed E-state index contributed by atoms with van der Waals surface area (Å²) in [7, 11) is 0. The lowest BCUT2D eigenvalue weighted by Crippen LogP contribution is -2.59. The fraction of sp³-hybridized carbons (Fsp3) is 0.875. The van der Waals surface area contributed by atoms with E-state index in [9.17, 15) is 0 Å². The molecule has 2 heteroatoms. The van der Waals surface area contributed by atoms with Crippen molar-refractivity contribution in [2.75, 3.05) is 6.54 Å². The van der Waals surface area contributed by atoms with Crippen molar-refractivity contribution in [1.82, 2.24) is 0 Å². The van der Waals surface area contributed by atoms with E-state index in [0.717, 1.165) is 6.54 Å². The normalized spacial score (nSPS) is 17.6. The maximum Gasteiger partial charge on any atom is 0.0818 e. The molecular formula is C8H19N2+. The first-order chi connectivity index (χ1) is 4.66. The molecule has 0 aliphatic heterocycles. The highest BCUT2D eigenvalue weighted by Gasteiger charge is 2.04. The van der Waals surface area contributed by atoms with Gasteiger partial charge in [0.05, 0.1) is 6.04 Å². The predicted molar refractivity (Wildman–Crippen MR) is 45.2 cm³/mol. The molecule has 10 heavy (non-hydrogen) atoms. The number of hydrogen-bond acceptors (Lipinski definition) is 1. The molecule has 0 aromatic rings.